The Balaban J connectivity index is 1.56. The summed E-state index contributed by atoms with van der Waals surface area (Å²) in [5, 5.41) is 3.67. The van der Waals surface area contributed by atoms with Crippen LogP contribution < -0.4 is 15.6 Å². The first-order valence-electron chi connectivity index (χ1n) is 7.74. The van der Waals surface area contributed by atoms with Crippen molar-refractivity contribution in [3.63, 3.8) is 0 Å². The average molecular weight is 376 g/mol. The third kappa shape index (κ3) is 3.45. The van der Waals surface area contributed by atoms with E-state index in [1.807, 2.05) is 12.1 Å². The predicted molar refractivity (Wildman–Crippen MR) is 95.6 cm³/mol. The van der Waals surface area contributed by atoms with Gasteiger partial charge in [0.15, 0.2) is 5.76 Å². The third-order valence-corrected chi connectivity index (χ3v) is 6.95. The van der Waals surface area contributed by atoms with Crippen LogP contribution in [0.15, 0.2) is 57.4 Å². The lowest BCUT2D eigenvalue weighted by Crippen LogP contribution is -2.24. The average Bonchev–Trinajstić information content (AvgIpc) is 3.35. The number of benzene rings is 1. The van der Waals surface area contributed by atoms with Crippen LogP contribution in [0.25, 0.3) is 11.3 Å². The molecule has 0 radical (unpaired) electrons. The largest absolute Gasteiger partial charge is 0.356 e. The molecule has 3 heterocycles. The zero-order valence-electron chi connectivity index (χ0n) is 13.1. The molecule has 0 aliphatic carbocycles. The second kappa shape index (κ2) is 6.60. The molecular formula is C16H16N4O3S2. The van der Waals surface area contributed by atoms with E-state index in [1.54, 1.807) is 36.5 Å². The molecule has 4 rings (SSSR count). The van der Waals surface area contributed by atoms with Crippen LogP contribution in [0.2, 0.25) is 0 Å². The monoisotopic (exact) mass is 376 g/mol. The van der Waals surface area contributed by atoms with Gasteiger partial charge in [-0.2, -0.15) is 0 Å². The van der Waals surface area contributed by atoms with Gasteiger partial charge in [-0.15, -0.1) is 11.3 Å². The standard InChI is InChI=1S/C16H16N4O3S2/c21-25(22,16-5-4-15(24-16)13-6-8-17-19-13)20-12-3-1-2-11(10-12)14-7-9-18-23-14/h1-5,7,9-10,13,17,19-20H,6,8H2. The molecule has 9 heteroatoms. The highest BCUT2D eigenvalue weighted by Gasteiger charge is 2.22. The van der Waals surface area contributed by atoms with Gasteiger partial charge in [0.2, 0.25) is 0 Å². The van der Waals surface area contributed by atoms with Crippen molar-refractivity contribution in [2.24, 2.45) is 0 Å². The van der Waals surface area contributed by atoms with Crippen molar-refractivity contribution in [1.29, 1.82) is 0 Å². The highest BCUT2D eigenvalue weighted by Crippen LogP contribution is 2.31. The maximum atomic E-state index is 12.7. The number of nitrogens with one attached hydrogen (secondary N) is 3. The van der Waals surface area contributed by atoms with Gasteiger partial charge in [0.1, 0.15) is 4.21 Å². The summed E-state index contributed by atoms with van der Waals surface area (Å²) in [4.78, 5) is 1.00. The quantitative estimate of drug-likeness (QED) is 0.634. The van der Waals surface area contributed by atoms with Crippen molar-refractivity contribution in [2.75, 3.05) is 11.3 Å². The Bertz CT molecular complexity index is 961. The Labute approximate surface area is 149 Å². The van der Waals surface area contributed by atoms with Crippen LogP contribution in [0.1, 0.15) is 17.3 Å². The number of rotatable bonds is 5. The van der Waals surface area contributed by atoms with Gasteiger partial charge in [0, 0.05) is 28.7 Å². The van der Waals surface area contributed by atoms with Crippen LogP contribution in [-0.2, 0) is 10.0 Å². The van der Waals surface area contributed by atoms with Gasteiger partial charge in [-0.25, -0.2) is 13.8 Å². The molecule has 1 aliphatic heterocycles. The summed E-state index contributed by atoms with van der Waals surface area (Å²) in [5.41, 5.74) is 7.43. The summed E-state index contributed by atoms with van der Waals surface area (Å²) in [6, 6.07) is 12.4. The van der Waals surface area contributed by atoms with E-state index in [0.717, 1.165) is 23.4 Å². The highest BCUT2D eigenvalue weighted by molar-refractivity contribution is 7.94. The first-order valence-corrected chi connectivity index (χ1v) is 10.0. The lowest BCUT2D eigenvalue weighted by atomic mass is 10.1. The SMILES string of the molecule is O=S(=O)(Nc1cccc(-c2ccno2)c1)c1ccc(C2CCNN2)s1. The molecule has 0 saturated carbocycles. The number of anilines is 1. The van der Waals surface area contributed by atoms with Gasteiger partial charge < -0.3 is 4.52 Å². The van der Waals surface area contributed by atoms with Crippen molar-refractivity contribution in [1.82, 2.24) is 16.0 Å². The summed E-state index contributed by atoms with van der Waals surface area (Å²) >= 11 is 1.28. The zero-order chi connectivity index (χ0) is 17.3. The number of aromatic nitrogens is 1. The molecule has 1 unspecified atom stereocenters. The molecule has 0 bridgehead atoms. The minimum absolute atomic E-state index is 0.156. The number of nitrogens with zero attached hydrogens (tertiary/aromatic N) is 1. The minimum Gasteiger partial charge on any atom is -0.356 e. The van der Waals surface area contributed by atoms with Crippen molar-refractivity contribution >= 4 is 27.0 Å². The molecule has 1 aliphatic rings. The van der Waals surface area contributed by atoms with Crippen LogP contribution in [0, 0.1) is 0 Å². The van der Waals surface area contributed by atoms with E-state index in [-0.39, 0.29) is 6.04 Å². The topological polar surface area (TPSA) is 96.3 Å². The van der Waals surface area contributed by atoms with Gasteiger partial charge >= 0.3 is 0 Å². The van der Waals surface area contributed by atoms with Crippen LogP contribution in [0.3, 0.4) is 0 Å². The van der Waals surface area contributed by atoms with E-state index < -0.39 is 10.0 Å². The lowest BCUT2D eigenvalue weighted by Gasteiger charge is -2.08. The fourth-order valence-corrected chi connectivity index (χ4v) is 5.13. The van der Waals surface area contributed by atoms with E-state index in [9.17, 15) is 8.42 Å². The molecule has 0 amide bonds. The Hall–Kier alpha value is -2.20. The second-order valence-corrected chi connectivity index (χ2v) is 8.66. The third-order valence-electron chi connectivity index (χ3n) is 3.88. The van der Waals surface area contributed by atoms with Crippen molar-refractivity contribution in [2.45, 2.75) is 16.7 Å². The van der Waals surface area contributed by atoms with Crippen LogP contribution in [0.4, 0.5) is 5.69 Å². The predicted octanol–water partition coefficient (Wildman–Crippen LogP) is 2.74. The van der Waals surface area contributed by atoms with Crippen molar-refractivity contribution < 1.29 is 12.9 Å². The van der Waals surface area contributed by atoms with Gasteiger partial charge in [-0.05, 0) is 30.7 Å². The Morgan fingerprint density at radius 1 is 1.24 bits per heavy atom. The summed E-state index contributed by atoms with van der Waals surface area (Å²) in [6.45, 7) is 0.872. The molecule has 25 heavy (non-hydrogen) atoms. The second-order valence-electron chi connectivity index (χ2n) is 5.63. The fraction of sp³-hybridized carbons (Fsp3) is 0.188. The maximum absolute atomic E-state index is 12.7. The normalized spacial score (nSPS) is 17.7. The van der Waals surface area contributed by atoms with E-state index >= 15 is 0 Å². The van der Waals surface area contributed by atoms with Gasteiger partial charge in [-0.3, -0.25) is 10.1 Å². The fourth-order valence-electron chi connectivity index (χ4n) is 2.67. The van der Waals surface area contributed by atoms with Crippen LogP contribution in [-0.4, -0.2) is 20.1 Å². The molecule has 0 spiro atoms. The molecule has 2 aromatic heterocycles. The van der Waals surface area contributed by atoms with E-state index in [4.69, 9.17) is 4.52 Å². The first kappa shape index (κ1) is 16.3. The summed E-state index contributed by atoms with van der Waals surface area (Å²) in [5.74, 6) is 0.583. The Morgan fingerprint density at radius 2 is 2.16 bits per heavy atom. The smallest absolute Gasteiger partial charge is 0.271 e. The molecule has 3 aromatic rings. The Kier molecular flexibility index (Phi) is 4.30. The molecule has 1 atom stereocenters. The molecule has 1 aromatic carbocycles. The van der Waals surface area contributed by atoms with Crippen molar-refractivity contribution in [3.05, 3.63) is 53.5 Å². The number of hydrazine groups is 1. The summed E-state index contributed by atoms with van der Waals surface area (Å²) in [6.07, 6.45) is 2.48. The molecule has 1 fully saturated rings. The minimum atomic E-state index is -3.63. The molecule has 130 valence electrons. The van der Waals surface area contributed by atoms with E-state index in [0.29, 0.717) is 15.7 Å². The Morgan fingerprint density at radius 3 is 2.92 bits per heavy atom. The lowest BCUT2D eigenvalue weighted by molar-refractivity contribution is 0.432. The van der Waals surface area contributed by atoms with E-state index in [1.165, 1.54) is 11.3 Å². The molecule has 3 N–H and O–H groups in total. The summed E-state index contributed by atoms with van der Waals surface area (Å²) in [7, 11) is -3.63. The van der Waals surface area contributed by atoms with Gasteiger partial charge in [0.25, 0.3) is 10.0 Å². The number of sulfonamides is 1. The highest BCUT2D eigenvalue weighted by atomic mass is 32.2. The molecule has 1 saturated heterocycles. The number of hydrogen-bond acceptors (Lipinski definition) is 7. The van der Waals surface area contributed by atoms with Crippen LogP contribution >= 0.6 is 11.3 Å². The van der Waals surface area contributed by atoms with Crippen LogP contribution in [0.5, 0.6) is 0 Å². The van der Waals surface area contributed by atoms with Crippen molar-refractivity contribution in [3.8, 4) is 11.3 Å². The van der Waals surface area contributed by atoms with Gasteiger partial charge in [0.05, 0.1) is 12.2 Å². The van der Waals surface area contributed by atoms with E-state index in [2.05, 4.69) is 20.7 Å². The molecular weight excluding hydrogens is 360 g/mol. The summed E-state index contributed by atoms with van der Waals surface area (Å²) < 4.78 is 33.3. The number of hydrogen-bond donors (Lipinski definition) is 3. The molecule has 7 nitrogen and oxygen atoms in total. The maximum Gasteiger partial charge on any atom is 0.271 e. The van der Waals surface area contributed by atoms with Gasteiger partial charge in [-0.1, -0.05) is 17.3 Å². The first-order chi connectivity index (χ1) is 12.1. The zero-order valence-corrected chi connectivity index (χ0v) is 14.7. The number of thiophene rings is 1.